The molecule has 0 aromatic heterocycles. The highest BCUT2D eigenvalue weighted by Gasteiger charge is 2.26. The Hall–Kier alpha value is -1.02. The van der Waals surface area contributed by atoms with Crippen LogP contribution in [-0.4, -0.2) is 8.32 Å². The van der Waals surface area contributed by atoms with E-state index in [1.807, 2.05) is 6.92 Å². The quantitative estimate of drug-likeness (QED) is 0.546. The lowest BCUT2D eigenvalue weighted by molar-refractivity contribution is 0.433. The monoisotopic (exact) mass is 206 g/mol. The molecule has 1 aromatic rings. The molecule has 0 aliphatic heterocycles. The Labute approximate surface area is 87.5 Å². The maximum atomic E-state index is 5.81. The summed E-state index contributed by atoms with van der Waals surface area (Å²) in [5, 5.41) is 1.31. The second-order valence-corrected chi connectivity index (χ2v) is 7.98. The summed E-state index contributed by atoms with van der Waals surface area (Å²) < 4.78 is 5.81. The standard InChI is InChI=1S/C12H18OSi/c1-10(2)13-14(4,5)12-8-6-11(3)7-9-12/h6-9H,1H2,2-5H3. The van der Waals surface area contributed by atoms with Gasteiger partial charge < -0.3 is 4.43 Å². The molecule has 0 radical (unpaired) electrons. The van der Waals surface area contributed by atoms with E-state index in [2.05, 4.69) is 50.9 Å². The molecule has 0 N–H and O–H groups in total. The first-order valence-corrected chi connectivity index (χ1v) is 7.74. The Kier molecular flexibility index (Phi) is 3.16. The summed E-state index contributed by atoms with van der Waals surface area (Å²) in [5.41, 5.74) is 1.29. The van der Waals surface area contributed by atoms with Crippen molar-refractivity contribution in [3.05, 3.63) is 42.2 Å². The van der Waals surface area contributed by atoms with E-state index in [1.54, 1.807) is 0 Å². The van der Waals surface area contributed by atoms with Gasteiger partial charge in [0.2, 0.25) is 0 Å². The summed E-state index contributed by atoms with van der Waals surface area (Å²) in [6, 6.07) is 8.58. The molecule has 0 bridgehead atoms. The van der Waals surface area contributed by atoms with Crippen LogP contribution in [0.15, 0.2) is 36.6 Å². The number of hydrogen-bond donors (Lipinski definition) is 0. The summed E-state index contributed by atoms with van der Waals surface area (Å²) in [7, 11) is -1.76. The lowest BCUT2D eigenvalue weighted by atomic mass is 10.2. The van der Waals surface area contributed by atoms with Gasteiger partial charge in [-0.05, 0) is 32.1 Å². The van der Waals surface area contributed by atoms with Crippen LogP contribution in [0.25, 0.3) is 0 Å². The topological polar surface area (TPSA) is 9.23 Å². The Morgan fingerprint density at radius 1 is 1.21 bits per heavy atom. The molecule has 1 nitrogen and oxygen atoms in total. The van der Waals surface area contributed by atoms with Gasteiger partial charge in [0, 0.05) is 0 Å². The molecule has 0 aliphatic carbocycles. The summed E-state index contributed by atoms with van der Waals surface area (Å²) >= 11 is 0. The van der Waals surface area contributed by atoms with Crippen molar-refractivity contribution in [3.8, 4) is 0 Å². The van der Waals surface area contributed by atoms with Crippen molar-refractivity contribution in [2.45, 2.75) is 26.9 Å². The number of hydrogen-bond acceptors (Lipinski definition) is 1. The minimum Gasteiger partial charge on any atom is -0.543 e. The van der Waals surface area contributed by atoms with Gasteiger partial charge in [0.15, 0.2) is 0 Å². The van der Waals surface area contributed by atoms with E-state index < -0.39 is 8.32 Å². The average molecular weight is 206 g/mol. The normalized spacial score (nSPS) is 11.1. The molecule has 2 heteroatoms. The molecule has 0 saturated carbocycles. The van der Waals surface area contributed by atoms with Crippen LogP contribution in [-0.2, 0) is 4.43 Å². The molecule has 14 heavy (non-hydrogen) atoms. The SMILES string of the molecule is C=C(C)O[Si](C)(C)c1ccc(C)cc1. The number of benzene rings is 1. The Morgan fingerprint density at radius 2 is 1.71 bits per heavy atom. The zero-order valence-electron chi connectivity index (χ0n) is 9.42. The molecule has 1 rings (SSSR count). The van der Waals surface area contributed by atoms with Gasteiger partial charge in [-0.15, -0.1) is 0 Å². The highest BCUT2D eigenvalue weighted by molar-refractivity contribution is 6.84. The molecule has 76 valence electrons. The van der Waals surface area contributed by atoms with Gasteiger partial charge in [-0.3, -0.25) is 0 Å². The lowest BCUT2D eigenvalue weighted by Crippen LogP contribution is -2.44. The van der Waals surface area contributed by atoms with Crippen LogP contribution in [0.1, 0.15) is 12.5 Å². The van der Waals surface area contributed by atoms with Gasteiger partial charge in [0.1, 0.15) is 0 Å². The summed E-state index contributed by atoms with van der Waals surface area (Å²) in [6.07, 6.45) is 0. The number of allylic oxidation sites excluding steroid dienone is 1. The van der Waals surface area contributed by atoms with Gasteiger partial charge in [0.25, 0.3) is 8.32 Å². The third-order valence-corrected chi connectivity index (χ3v) is 4.76. The maximum absolute atomic E-state index is 5.81. The molecule has 0 aliphatic rings. The van der Waals surface area contributed by atoms with Crippen molar-refractivity contribution >= 4 is 13.5 Å². The largest absolute Gasteiger partial charge is 0.543 e. The first-order chi connectivity index (χ1) is 6.42. The predicted octanol–water partition coefficient (Wildman–Crippen LogP) is 2.96. The van der Waals surface area contributed by atoms with Gasteiger partial charge in [-0.25, -0.2) is 0 Å². The minimum atomic E-state index is -1.76. The van der Waals surface area contributed by atoms with Crippen molar-refractivity contribution in [3.63, 3.8) is 0 Å². The van der Waals surface area contributed by atoms with Crippen LogP contribution in [0, 0.1) is 6.92 Å². The lowest BCUT2D eigenvalue weighted by Gasteiger charge is -2.24. The van der Waals surface area contributed by atoms with Gasteiger partial charge in [0.05, 0.1) is 5.76 Å². The third kappa shape index (κ3) is 2.74. The summed E-state index contributed by atoms with van der Waals surface area (Å²) in [4.78, 5) is 0. The van der Waals surface area contributed by atoms with E-state index >= 15 is 0 Å². The van der Waals surface area contributed by atoms with E-state index in [1.165, 1.54) is 10.8 Å². The van der Waals surface area contributed by atoms with Gasteiger partial charge >= 0.3 is 0 Å². The fourth-order valence-corrected chi connectivity index (χ4v) is 3.41. The van der Waals surface area contributed by atoms with E-state index in [0.717, 1.165) is 5.76 Å². The molecule has 0 saturated heterocycles. The predicted molar refractivity (Wildman–Crippen MR) is 64.2 cm³/mol. The highest BCUT2D eigenvalue weighted by atomic mass is 28.4. The third-order valence-electron chi connectivity index (χ3n) is 2.18. The van der Waals surface area contributed by atoms with E-state index in [4.69, 9.17) is 4.43 Å². The van der Waals surface area contributed by atoms with Crippen LogP contribution in [0.4, 0.5) is 0 Å². The van der Waals surface area contributed by atoms with E-state index in [-0.39, 0.29) is 0 Å². The zero-order valence-corrected chi connectivity index (χ0v) is 10.4. The van der Waals surface area contributed by atoms with Crippen molar-refractivity contribution in [2.24, 2.45) is 0 Å². The second-order valence-electron chi connectivity index (χ2n) is 4.18. The van der Waals surface area contributed by atoms with Crippen LogP contribution in [0.5, 0.6) is 0 Å². The first kappa shape index (κ1) is 11.1. The first-order valence-electron chi connectivity index (χ1n) is 4.83. The number of aryl methyl sites for hydroxylation is 1. The summed E-state index contributed by atoms with van der Waals surface area (Å²) in [6.45, 7) is 12.2. The molecule has 0 atom stereocenters. The average Bonchev–Trinajstić information content (AvgIpc) is 2.02. The fourth-order valence-electron chi connectivity index (χ4n) is 1.45. The second kappa shape index (κ2) is 4.01. The fraction of sp³-hybridized carbons (Fsp3) is 0.333. The molecule has 0 heterocycles. The molecular weight excluding hydrogens is 188 g/mol. The van der Waals surface area contributed by atoms with Gasteiger partial charge in [-0.2, -0.15) is 0 Å². The minimum absolute atomic E-state index is 0.808. The molecule has 0 fully saturated rings. The van der Waals surface area contributed by atoms with Crippen molar-refractivity contribution in [1.29, 1.82) is 0 Å². The Balaban J connectivity index is 2.91. The van der Waals surface area contributed by atoms with Crippen molar-refractivity contribution < 1.29 is 4.43 Å². The van der Waals surface area contributed by atoms with Crippen molar-refractivity contribution in [2.75, 3.05) is 0 Å². The molecule has 1 aromatic carbocycles. The summed E-state index contributed by atoms with van der Waals surface area (Å²) in [5.74, 6) is 0.808. The van der Waals surface area contributed by atoms with Crippen LogP contribution in [0.3, 0.4) is 0 Å². The van der Waals surface area contributed by atoms with Gasteiger partial charge in [-0.1, -0.05) is 36.4 Å². The van der Waals surface area contributed by atoms with Crippen molar-refractivity contribution in [1.82, 2.24) is 0 Å². The molecular formula is C12H18OSi. The van der Waals surface area contributed by atoms with Crippen LogP contribution < -0.4 is 5.19 Å². The molecule has 0 amide bonds. The van der Waals surface area contributed by atoms with E-state index in [9.17, 15) is 0 Å². The molecule has 0 unspecified atom stereocenters. The maximum Gasteiger partial charge on any atom is 0.276 e. The number of rotatable bonds is 3. The Bertz CT molecular complexity index is 325. The zero-order chi connectivity index (χ0) is 10.8. The highest BCUT2D eigenvalue weighted by Crippen LogP contribution is 2.10. The van der Waals surface area contributed by atoms with E-state index in [0.29, 0.717) is 0 Å². The van der Waals surface area contributed by atoms with Crippen LogP contribution in [0.2, 0.25) is 13.1 Å². The molecule has 0 spiro atoms. The smallest absolute Gasteiger partial charge is 0.276 e. The van der Waals surface area contributed by atoms with Crippen LogP contribution >= 0.6 is 0 Å². The Morgan fingerprint density at radius 3 is 2.14 bits per heavy atom.